The van der Waals surface area contributed by atoms with Gasteiger partial charge in [0.25, 0.3) is 0 Å². The first kappa shape index (κ1) is 20.4. The number of cyclic esters (lactones) is 1. The molecule has 0 bridgehead atoms. The van der Waals surface area contributed by atoms with E-state index in [-0.39, 0.29) is 23.1 Å². The SMILES string of the molecule is CCCC(=O)Oc1c(Br)cc(/C=C2\N=C(c3ccccc3F)OC2=O)cc1Br. The predicted molar refractivity (Wildman–Crippen MR) is 109 cm³/mol. The third kappa shape index (κ3) is 4.56. The van der Waals surface area contributed by atoms with Crippen LogP contribution in [0.2, 0.25) is 0 Å². The molecule has 0 unspecified atom stereocenters. The first-order valence-electron chi connectivity index (χ1n) is 8.36. The lowest BCUT2D eigenvalue weighted by molar-refractivity contribution is -0.134. The van der Waals surface area contributed by atoms with Crippen molar-refractivity contribution in [3.63, 3.8) is 0 Å². The van der Waals surface area contributed by atoms with Gasteiger partial charge in [0.15, 0.2) is 11.4 Å². The summed E-state index contributed by atoms with van der Waals surface area (Å²) in [7, 11) is 0. The standard InChI is InChI=1S/C20H14Br2FNO4/c1-2-5-17(25)27-18-13(21)8-11(9-14(18)22)10-16-20(26)28-19(24-16)12-6-3-4-7-15(12)23/h3-4,6-10H,2,5H2,1H3/b16-10-. The second kappa shape index (κ2) is 8.79. The van der Waals surface area contributed by atoms with E-state index in [4.69, 9.17) is 9.47 Å². The summed E-state index contributed by atoms with van der Waals surface area (Å²) >= 11 is 6.72. The van der Waals surface area contributed by atoms with Crippen molar-refractivity contribution in [1.29, 1.82) is 0 Å². The lowest BCUT2D eigenvalue weighted by Gasteiger charge is -2.09. The first-order valence-corrected chi connectivity index (χ1v) is 9.94. The number of rotatable bonds is 5. The van der Waals surface area contributed by atoms with Gasteiger partial charge in [-0.05, 0) is 74.2 Å². The molecule has 0 aliphatic carbocycles. The van der Waals surface area contributed by atoms with E-state index in [9.17, 15) is 14.0 Å². The molecule has 0 amide bonds. The summed E-state index contributed by atoms with van der Waals surface area (Å²) in [6.07, 6.45) is 2.50. The quantitative estimate of drug-likeness (QED) is 0.307. The van der Waals surface area contributed by atoms with Crippen molar-refractivity contribution in [3.8, 4) is 5.75 Å². The van der Waals surface area contributed by atoms with Crippen LogP contribution in [0.25, 0.3) is 6.08 Å². The lowest BCUT2D eigenvalue weighted by Crippen LogP contribution is -2.08. The van der Waals surface area contributed by atoms with Gasteiger partial charge in [0.05, 0.1) is 14.5 Å². The molecule has 0 saturated carbocycles. The highest BCUT2D eigenvalue weighted by Gasteiger charge is 2.26. The summed E-state index contributed by atoms with van der Waals surface area (Å²) in [5.74, 6) is -1.28. The molecule has 5 nitrogen and oxygen atoms in total. The van der Waals surface area contributed by atoms with Crippen LogP contribution in [0.3, 0.4) is 0 Å². The normalized spacial score (nSPS) is 14.8. The summed E-state index contributed by atoms with van der Waals surface area (Å²) in [5.41, 5.74) is 0.757. The Morgan fingerprint density at radius 2 is 1.93 bits per heavy atom. The highest BCUT2D eigenvalue weighted by atomic mass is 79.9. The second-order valence-electron chi connectivity index (χ2n) is 5.85. The number of ether oxygens (including phenoxy) is 2. The molecule has 0 N–H and O–H groups in total. The molecule has 1 aliphatic rings. The predicted octanol–water partition coefficient (Wildman–Crippen LogP) is 5.40. The highest BCUT2D eigenvalue weighted by molar-refractivity contribution is 9.11. The van der Waals surface area contributed by atoms with E-state index < -0.39 is 11.8 Å². The number of nitrogens with zero attached hydrogens (tertiary/aromatic N) is 1. The minimum absolute atomic E-state index is 0.0350. The molecule has 0 aromatic heterocycles. The average Bonchev–Trinajstić information content (AvgIpc) is 2.99. The maximum absolute atomic E-state index is 13.9. The number of carbonyl (C=O) groups is 2. The summed E-state index contributed by atoms with van der Waals surface area (Å²) in [4.78, 5) is 27.9. The molecule has 28 heavy (non-hydrogen) atoms. The minimum Gasteiger partial charge on any atom is -0.424 e. The number of hydrogen-bond acceptors (Lipinski definition) is 5. The van der Waals surface area contributed by atoms with Crippen LogP contribution in [-0.4, -0.2) is 17.8 Å². The Hall–Kier alpha value is -2.32. The molecular weight excluding hydrogens is 497 g/mol. The molecule has 144 valence electrons. The van der Waals surface area contributed by atoms with Gasteiger partial charge in [0.1, 0.15) is 5.82 Å². The number of carbonyl (C=O) groups excluding carboxylic acids is 2. The zero-order chi connectivity index (χ0) is 20.3. The Bertz CT molecular complexity index is 994. The number of halogens is 3. The second-order valence-corrected chi connectivity index (χ2v) is 7.56. The van der Waals surface area contributed by atoms with E-state index in [1.54, 1.807) is 18.2 Å². The molecule has 0 fully saturated rings. The fourth-order valence-electron chi connectivity index (χ4n) is 2.45. The van der Waals surface area contributed by atoms with E-state index in [0.717, 1.165) is 0 Å². The molecule has 1 aliphatic heterocycles. The number of benzene rings is 2. The van der Waals surface area contributed by atoms with Gasteiger partial charge in [-0.3, -0.25) is 4.79 Å². The van der Waals surface area contributed by atoms with Crippen LogP contribution in [0.15, 0.2) is 56.0 Å². The summed E-state index contributed by atoms with van der Waals surface area (Å²) in [6, 6.07) is 9.27. The molecule has 2 aromatic carbocycles. The summed E-state index contributed by atoms with van der Waals surface area (Å²) < 4.78 is 25.4. The van der Waals surface area contributed by atoms with Crippen molar-refractivity contribution in [2.45, 2.75) is 19.8 Å². The maximum atomic E-state index is 13.9. The molecular formula is C20H14Br2FNO4. The molecule has 3 rings (SSSR count). The lowest BCUT2D eigenvalue weighted by atomic mass is 10.2. The number of esters is 2. The van der Waals surface area contributed by atoms with Crippen LogP contribution in [0.5, 0.6) is 5.75 Å². The zero-order valence-electron chi connectivity index (χ0n) is 14.7. The Kier molecular flexibility index (Phi) is 6.41. The van der Waals surface area contributed by atoms with Crippen LogP contribution in [-0.2, 0) is 14.3 Å². The van der Waals surface area contributed by atoms with Crippen molar-refractivity contribution in [2.24, 2.45) is 4.99 Å². The van der Waals surface area contributed by atoms with Gasteiger partial charge in [-0.25, -0.2) is 14.2 Å². The minimum atomic E-state index is -0.677. The smallest absolute Gasteiger partial charge is 0.363 e. The van der Waals surface area contributed by atoms with Crippen LogP contribution in [0.4, 0.5) is 4.39 Å². The Balaban J connectivity index is 1.90. The molecule has 8 heteroatoms. The van der Waals surface area contributed by atoms with Crippen molar-refractivity contribution < 1.29 is 23.5 Å². The third-order valence-corrected chi connectivity index (χ3v) is 4.90. The molecule has 0 radical (unpaired) electrons. The van der Waals surface area contributed by atoms with Crippen molar-refractivity contribution in [2.75, 3.05) is 0 Å². The van der Waals surface area contributed by atoms with Gasteiger partial charge in [-0.2, -0.15) is 0 Å². The summed E-state index contributed by atoms with van der Waals surface area (Å²) in [6.45, 7) is 1.89. The molecule has 2 aromatic rings. The van der Waals surface area contributed by atoms with Gasteiger partial charge >= 0.3 is 11.9 Å². The van der Waals surface area contributed by atoms with Gasteiger partial charge in [-0.15, -0.1) is 0 Å². The molecule has 0 spiro atoms. The highest BCUT2D eigenvalue weighted by Crippen LogP contribution is 2.36. The van der Waals surface area contributed by atoms with Gasteiger partial charge in [0, 0.05) is 6.42 Å². The average molecular weight is 511 g/mol. The van der Waals surface area contributed by atoms with Crippen molar-refractivity contribution in [3.05, 3.63) is 68.0 Å². The number of aliphatic imine (C=N–C) groups is 1. The third-order valence-electron chi connectivity index (χ3n) is 3.72. The van der Waals surface area contributed by atoms with Crippen LogP contribution in [0.1, 0.15) is 30.9 Å². The Morgan fingerprint density at radius 3 is 2.57 bits per heavy atom. The van der Waals surface area contributed by atoms with Gasteiger partial charge < -0.3 is 9.47 Å². The maximum Gasteiger partial charge on any atom is 0.363 e. The first-order chi connectivity index (χ1) is 13.4. The van der Waals surface area contributed by atoms with Crippen LogP contribution >= 0.6 is 31.9 Å². The van der Waals surface area contributed by atoms with Crippen molar-refractivity contribution in [1.82, 2.24) is 0 Å². The fourth-order valence-corrected chi connectivity index (χ4v) is 3.83. The van der Waals surface area contributed by atoms with E-state index in [0.29, 0.717) is 33.1 Å². The van der Waals surface area contributed by atoms with Gasteiger partial charge in [-0.1, -0.05) is 19.1 Å². The van der Waals surface area contributed by atoms with Crippen LogP contribution in [0, 0.1) is 5.82 Å². The Morgan fingerprint density at radius 1 is 1.25 bits per heavy atom. The van der Waals surface area contributed by atoms with E-state index in [1.807, 2.05) is 6.92 Å². The zero-order valence-corrected chi connectivity index (χ0v) is 17.8. The van der Waals surface area contributed by atoms with E-state index >= 15 is 0 Å². The summed E-state index contributed by atoms with van der Waals surface area (Å²) in [5, 5.41) is 0. The number of hydrogen-bond donors (Lipinski definition) is 0. The van der Waals surface area contributed by atoms with E-state index in [2.05, 4.69) is 36.9 Å². The molecule has 0 saturated heterocycles. The molecule has 0 atom stereocenters. The topological polar surface area (TPSA) is 65.0 Å². The van der Waals surface area contributed by atoms with Crippen LogP contribution < -0.4 is 4.74 Å². The Labute approximate surface area is 177 Å². The van der Waals surface area contributed by atoms with E-state index in [1.165, 1.54) is 24.3 Å². The fraction of sp³-hybridized carbons (Fsp3) is 0.150. The monoisotopic (exact) mass is 509 g/mol. The largest absolute Gasteiger partial charge is 0.424 e. The van der Waals surface area contributed by atoms with Gasteiger partial charge in [0.2, 0.25) is 5.90 Å². The van der Waals surface area contributed by atoms with Crippen molar-refractivity contribution >= 4 is 55.8 Å². The molecule has 1 heterocycles.